The van der Waals surface area contributed by atoms with Crippen LogP contribution >= 0.6 is 0 Å². The maximum absolute atomic E-state index is 7.08. The molecule has 1 fully saturated rings. The van der Waals surface area contributed by atoms with E-state index in [1.54, 1.807) is 0 Å². The van der Waals surface area contributed by atoms with E-state index in [2.05, 4.69) is 41.5 Å². The van der Waals surface area contributed by atoms with Crippen molar-refractivity contribution in [2.75, 3.05) is 0 Å². The fourth-order valence-corrected chi connectivity index (χ4v) is 10.6. The van der Waals surface area contributed by atoms with E-state index in [1.807, 2.05) is 0 Å². The van der Waals surface area contributed by atoms with Crippen LogP contribution in [0, 0.1) is 0 Å². The van der Waals surface area contributed by atoms with Crippen LogP contribution in [0.5, 0.6) is 0 Å². The zero-order chi connectivity index (χ0) is 15.2. The number of hydrogen-bond donors (Lipinski definition) is 0. The number of rotatable bonds is 8. The molecule has 20 heavy (non-hydrogen) atoms. The van der Waals surface area contributed by atoms with Gasteiger partial charge >= 0.3 is 0 Å². The third-order valence-corrected chi connectivity index (χ3v) is 12.7. The van der Waals surface area contributed by atoms with Crippen molar-refractivity contribution in [2.45, 2.75) is 116 Å². The van der Waals surface area contributed by atoms with Gasteiger partial charge in [0.25, 0.3) is 0 Å². The van der Waals surface area contributed by atoms with E-state index in [0.29, 0.717) is 6.10 Å². The first-order valence-electron chi connectivity index (χ1n) is 9.20. The van der Waals surface area contributed by atoms with E-state index < -0.39 is 8.32 Å². The van der Waals surface area contributed by atoms with E-state index in [-0.39, 0.29) is 0 Å². The van der Waals surface area contributed by atoms with E-state index >= 15 is 0 Å². The van der Waals surface area contributed by atoms with Gasteiger partial charge in [-0.1, -0.05) is 80.1 Å². The Morgan fingerprint density at radius 2 is 1.20 bits per heavy atom. The molecule has 120 valence electrons. The molecule has 0 heterocycles. The predicted molar refractivity (Wildman–Crippen MR) is 92.9 cm³/mol. The summed E-state index contributed by atoms with van der Waals surface area (Å²) < 4.78 is 7.08. The van der Waals surface area contributed by atoms with Crippen molar-refractivity contribution in [3.8, 4) is 0 Å². The van der Waals surface area contributed by atoms with Gasteiger partial charge in [0, 0.05) is 6.10 Å². The highest BCUT2D eigenvalue weighted by Crippen LogP contribution is 2.48. The highest BCUT2D eigenvalue weighted by molar-refractivity contribution is 6.78. The molecule has 1 aliphatic carbocycles. The van der Waals surface area contributed by atoms with Crippen LogP contribution in [-0.2, 0) is 4.43 Å². The topological polar surface area (TPSA) is 9.23 Å². The van der Waals surface area contributed by atoms with Crippen LogP contribution in [0.1, 0.15) is 92.9 Å². The Balaban J connectivity index is 3.00. The van der Waals surface area contributed by atoms with Crippen molar-refractivity contribution in [3.63, 3.8) is 0 Å². The Morgan fingerprint density at radius 1 is 0.800 bits per heavy atom. The van der Waals surface area contributed by atoms with Crippen LogP contribution < -0.4 is 0 Å². The lowest BCUT2D eigenvalue weighted by molar-refractivity contribution is 0.129. The molecule has 0 aromatic carbocycles. The minimum Gasteiger partial charge on any atom is -0.413 e. The molecule has 0 aliphatic heterocycles. The molecular formula is C18H38OSi. The van der Waals surface area contributed by atoms with Crippen LogP contribution in [0.25, 0.3) is 0 Å². The van der Waals surface area contributed by atoms with Crippen molar-refractivity contribution in [1.82, 2.24) is 0 Å². The van der Waals surface area contributed by atoms with Crippen LogP contribution in [-0.4, -0.2) is 14.4 Å². The molecule has 0 aromatic rings. The quantitative estimate of drug-likeness (QED) is 0.454. The molecule has 0 aromatic heterocycles. The molecule has 2 heteroatoms. The predicted octanol–water partition coefficient (Wildman–Crippen LogP) is 6.68. The highest BCUT2D eigenvalue weighted by Gasteiger charge is 2.49. The maximum Gasteiger partial charge on any atom is 0.201 e. The van der Waals surface area contributed by atoms with Crippen molar-refractivity contribution in [2.24, 2.45) is 0 Å². The first-order valence-corrected chi connectivity index (χ1v) is 11.3. The third kappa shape index (κ3) is 3.88. The third-order valence-electron chi connectivity index (χ3n) is 6.07. The first kappa shape index (κ1) is 18.2. The smallest absolute Gasteiger partial charge is 0.201 e. The second-order valence-corrected chi connectivity index (χ2v) is 12.1. The van der Waals surface area contributed by atoms with Gasteiger partial charge < -0.3 is 4.43 Å². The summed E-state index contributed by atoms with van der Waals surface area (Å²) >= 11 is 0. The lowest BCUT2D eigenvalue weighted by Crippen LogP contribution is -2.52. The standard InChI is InChI=1S/C18H38OSi/c1-7-15(4)20(16(5)8-2,17(6)9-3)19-18-13-11-10-12-14-18/h15-18H,7-14H2,1-6H3. The fourth-order valence-electron chi connectivity index (χ4n) is 4.23. The molecule has 0 N–H and O–H groups in total. The van der Waals surface area contributed by atoms with E-state index in [4.69, 9.17) is 4.43 Å². The molecule has 3 unspecified atom stereocenters. The second kappa shape index (κ2) is 8.58. The van der Waals surface area contributed by atoms with Gasteiger partial charge in [0.1, 0.15) is 0 Å². The van der Waals surface area contributed by atoms with Crippen LogP contribution in [0.4, 0.5) is 0 Å². The average molecular weight is 299 g/mol. The maximum atomic E-state index is 7.08. The van der Waals surface area contributed by atoms with Crippen molar-refractivity contribution in [1.29, 1.82) is 0 Å². The Labute approximate surface area is 129 Å². The molecular weight excluding hydrogens is 260 g/mol. The monoisotopic (exact) mass is 298 g/mol. The minimum atomic E-state index is -1.69. The Hall–Kier alpha value is 0.177. The highest BCUT2D eigenvalue weighted by atomic mass is 28.4. The molecule has 0 saturated heterocycles. The van der Waals surface area contributed by atoms with Gasteiger partial charge in [-0.25, -0.2) is 0 Å². The van der Waals surface area contributed by atoms with Crippen molar-refractivity contribution in [3.05, 3.63) is 0 Å². The molecule has 0 amide bonds. The van der Waals surface area contributed by atoms with Gasteiger partial charge in [0.15, 0.2) is 0 Å². The summed E-state index contributed by atoms with van der Waals surface area (Å²) in [7, 11) is -1.69. The Kier molecular flexibility index (Phi) is 7.82. The molecule has 0 spiro atoms. The van der Waals surface area contributed by atoms with Gasteiger partial charge in [0.05, 0.1) is 0 Å². The van der Waals surface area contributed by atoms with Gasteiger partial charge in [-0.15, -0.1) is 0 Å². The molecule has 0 radical (unpaired) electrons. The normalized spacial score (nSPS) is 24.9. The van der Waals surface area contributed by atoms with Crippen molar-refractivity contribution >= 4 is 8.32 Å². The minimum absolute atomic E-state index is 0.576. The molecule has 1 saturated carbocycles. The summed E-state index contributed by atoms with van der Waals surface area (Å²) in [5.74, 6) is 0. The molecule has 0 bridgehead atoms. The lowest BCUT2D eigenvalue weighted by atomic mass is 9.98. The van der Waals surface area contributed by atoms with Crippen LogP contribution in [0.2, 0.25) is 16.6 Å². The van der Waals surface area contributed by atoms with E-state index in [0.717, 1.165) is 16.6 Å². The Bertz CT molecular complexity index is 234. The summed E-state index contributed by atoms with van der Waals surface area (Å²) in [5.41, 5.74) is 2.36. The summed E-state index contributed by atoms with van der Waals surface area (Å²) in [4.78, 5) is 0. The van der Waals surface area contributed by atoms with E-state index in [1.165, 1.54) is 51.4 Å². The van der Waals surface area contributed by atoms with Gasteiger partial charge in [-0.3, -0.25) is 0 Å². The average Bonchev–Trinajstić information content (AvgIpc) is 2.51. The number of hydrogen-bond acceptors (Lipinski definition) is 1. The van der Waals surface area contributed by atoms with Gasteiger partial charge in [-0.2, -0.15) is 0 Å². The van der Waals surface area contributed by atoms with Gasteiger partial charge in [0.2, 0.25) is 8.32 Å². The first-order chi connectivity index (χ1) is 9.52. The fraction of sp³-hybridized carbons (Fsp3) is 1.00. The molecule has 1 aliphatic rings. The second-order valence-electron chi connectivity index (χ2n) is 7.16. The summed E-state index contributed by atoms with van der Waals surface area (Å²) in [5, 5.41) is 0. The van der Waals surface area contributed by atoms with Crippen LogP contribution in [0.3, 0.4) is 0 Å². The van der Waals surface area contributed by atoms with Crippen molar-refractivity contribution < 1.29 is 4.43 Å². The summed E-state index contributed by atoms with van der Waals surface area (Å²) in [6.45, 7) is 14.5. The molecule has 1 rings (SSSR count). The summed E-state index contributed by atoms with van der Waals surface area (Å²) in [6, 6.07) is 0. The molecule has 1 nitrogen and oxygen atoms in total. The lowest BCUT2D eigenvalue weighted by Gasteiger charge is -2.48. The van der Waals surface area contributed by atoms with E-state index in [9.17, 15) is 0 Å². The largest absolute Gasteiger partial charge is 0.413 e. The SMILES string of the molecule is CCC(C)[Si](OC1CCCCC1)(C(C)CC)C(C)CC. The molecule has 3 atom stereocenters. The van der Waals surface area contributed by atoms with Gasteiger partial charge in [-0.05, 0) is 29.5 Å². The zero-order valence-electron chi connectivity index (χ0n) is 14.9. The summed E-state index contributed by atoms with van der Waals surface area (Å²) in [6.07, 6.45) is 11.3. The Morgan fingerprint density at radius 3 is 1.55 bits per heavy atom. The zero-order valence-corrected chi connectivity index (χ0v) is 15.9. The van der Waals surface area contributed by atoms with Crippen LogP contribution in [0.15, 0.2) is 0 Å².